The molecule has 0 unspecified atom stereocenters. The van der Waals surface area contributed by atoms with E-state index < -0.39 is 0 Å². The van der Waals surface area contributed by atoms with Crippen LogP contribution in [0.2, 0.25) is 0 Å². The van der Waals surface area contributed by atoms with Crippen molar-refractivity contribution < 1.29 is 4.57 Å². The minimum atomic E-state index is 1.12. The lowest BCUT2D eigenvalue weighted by atomic mass is 10.1. The quantitative estimate of drug-likeness (QED) is 0.618. The molecule has 0 spiro atoms. The SMILES string of the molecule is Cc1ccc(-n2cc(-c3ccccc3)[n+]3c2CCCCC3)cc1. The van der Waals surface area contributed by atoms with Crippen molar-refractivity contribution in [2.24, 2.45) is 0 Å². The molecule has 2 aromatic carbocycles. The zero-order valence-corrected chi connectivity index (χ0v) is 13.7. The number of hydrogen-bond donors (Lipinski definition) is 0. The van der Waals surface area contributed by atoms with E-state index in [1.807, 2.05) is 0 Å². The van der Waals surface area contributed by atoms with Gasteiger partial charge in [0.2, 0.25) is 0 Å². The van der Waals surface area contributed by atoms with Crippen LogP contribution in [0.5, 0.6) is 0 Å². The van der Waals surface area contributed by atoms with E-state index in [1.54, 1.807) is 0 Å². The fourth-order valence-corrected chi connectivity index (χ4v) is 3.54. The van der Waals surface area contributed by atoms with Crippen molar-refractivity contribution in [3.63, 3.8) is 0 Å². The molecule has 0 saturated carbocycles. The number of aromatic nitrogens is 2. The molecule has 0 atom stereocenters. The largest absolute Gasteiger partial charge is 0.262 e. The summed E-state index contributed by atoms with van der Waals surface area (Å²) in [6.07, 6.45) is 7.35. The molecule has 2 heterocycles. The summed E-state index contributed by atoms with van der Waals surface area (Å²) < 4.78 is 4.93. The molecule has 1 aliphatic heterocycles. The Morgan fingerprint density at radius 2 is 1.65 bits per heavy atom. The standard InChI is InChI=1S/C21H23N2/c1-17-11-13-19(14-12-17)23-16-20(18-8-4-2-5-9-18)22-15-7-3-6-10-21(22)23/h2,4-5,8-9,11-14,16H,3,6-7,10,15H2,1H3/q+1. The third kappa shape index (κ3) is 2.70. The van der Waals surface area contributed by atoms with E-state index in [1.165, 1.54) is 47.6 Å². The number of imidazole rings is 1. The fraction of sp³-hybridized carbons (Fsp3) is 0.286. The van der Waals surface area contributed by atoms with Crippen LogP contribution in [0.15, 0.2) is 60.8 Å². The number of hydrogen-bond acceptors (Lipinski definition) is 0. The lowest BCUT2D eigenvalue weighted by Gasteiger charge is -2.03. The highest BCUT2D eigenvalue weighted by Gasteiger charge is 2.26. The smallest absolute Gasteiger partial charge is 0.227 e. The van der Waals surface area contributed by atoms with Gasteiger partial charge in [0.25, 0.3) is 5.82 Å². The summed E-state index contributed by atoms with van der Waals surface area (Å²) in [5.41, 5.74) is 5.22. The van der Waals surface area contributed by atoms with Gasteiger partial charge in [-0.15, -0.1) is 0 Å². The van der Waals surface area contributed by atoms with Gasteiger partial charge in [-0.3, -0.25) is 0 Å². The molecule has 0 radical (unpaired) electrons. The number of benzene rings is 2. The molecule has 116 valence electrons. The van der Waals surface area contributed by atoms with Crippen LogP contribution in [0, 0.1) is 6.92 Å². The molecule has 0 aliphatic carbocycles. The Labute approximate surface area is 138 Å². The van der Waals surface area contributed by atoms with E-state index in [4.69, 9.17) is 0 Å². The van der Waals surface area contributed by atoms with Crippen LogP contribution in [0.4, 0.5) is 0 Å². The highest BCUT2D eigenvalue weighted by molar-refractivity contribution is 5.56. The highest BCUT2D eigenvalue weighted by atomic mass is 15.2. The van der Waals surface area contributed by atoms with E-state index in [2.05, 4.69) is 76.9 Å². The molecule has 0 saturated heterocycles. The van der Waals surface area contributed by atoms with Crippen molar-refractivity contribution in [2.45, 2.75) is 39.2 Å². The van der Waals surface area contributed by atoms with Crippen molar-refractivity contribution in [3.8, 4) is 16.9 Å². The van der Waals surface area contributed by atoms with Gasteiger partial charge in [-0.2, -0.15) is 4.57 Å². The molecular weight excluding hydrogens is 280 g/mol. The van der Waals surface area contributed by atoms with Gasteiger partial charge >= 0.3 is 0 Å². The molecule has 0 bridgehead atoms. The second-order valence-corrected chi connectivity index (χ2v) is 6.46. The number of rotatable bonds is 2. The third-order valence-electron chi connectivity index (χ3n) is 4.80. The second kappa shape index (κ2) is 6.04. The van der Waals surface area contributed by atoms with E-state index in [0.717, 1.165) is 13.0 Å². The van der Waals surface area contributed by atoms with Crippen LogP contribution >= 0.6 is 0 Å². The van der Waals surface area contributed by atoms with Crippen molar-refractivity contribution >= 4 is 0 Å². The van der Waals surface area contributed by atoms with Gasteiger partial charge in [-0.05, 0) is 38.3 Å². The van der Waals surface area contributed by atoms with Crippen LogP contribution in [-0.2, 0) is 13.0 Å². The van der Waals surface area contributed by atoms with Crippen molar-refractivity contribution in [2.75, 3.05) is 0 Å². The Hall–Kier alpha value is -2.35. The molecule has 1 aliphatic rings. The summed E-state index contributed by atoms with van der Waals surface area (Å²) >= 11 is 0. The van der Waals surface area contributed by atoms with Crippen molar-refractivity contribution in [1.82, 2.24) is 4.57 Å². The molecular formula is C21H23N2+. The summed E-state index contributed by atoms with van der Waals surface area (Å²) in [6.45, 7) is 3.27. The first-order chi connectivity index (χ1) is 11.3. The van der Waals surface area contributed by atoms with Crippen LogP contribution in [0.3, 0.4) is 0 Å². The predicted molar refractivity (Wildman–Crippen MR) is 93.7 cm³/mol. The first-order valence-electron chi connectivity index (χ1n) is 8.59. The second-order valence-electron chi connectivity index (χ2n) is 6.46. The summed E-state index contributed by atoms with van der Waals surface area (Å²) in [5, 5.41) is 0. The molecule has 4 rings (SSSR count). The normalized spacial score (nSPS) is 14.3. The van der Waals surface area contributed by atoms with E-state index in [9.17, 15) is 0 Å². The van der Waals surface area contributed by atoms with Gasteiger partial charge in [0.1, 0.15) is 11.9 Å². The third-order valence-corrected chi connectivity index (χ3v) is 4.80. The van der Waals surface area contributed by atoms with Crippen LogP contribution < -0.4 is 4.57 Å². The van der Waals surface area contributed by atoms with Gasteiger partial charge in [0.15, 0.2) is 5.69 Å². The zero-order valence-electron chi connectivity index (χ0n) is 13.7. The molecule has 3 aromatic rings. The molecule has 0 N–H and O–H groups in total. The van der Waals surface area contributed by atoms with Gasteiger partial charge in [-0.25, -0.2) is 4.57 Å². The molecule has 1 aromatic heterocycles. The first-order valence-corrected chi connectivity index (χ1v) is 8.59. The van der Waals surface area contributed by atoms with Crippen LogP contribution in [-0.4, -0.2) is 4.57 Å². The van der Waals surface area contributed by atoms with Gasteiger partial charge < -0.3 is 0 Å². The molecule has 23 heavy (non-hydrogen) atoms. The highest BCUT2D eigenvalue weighted by Crippen LogP contribution is 2.23. The minimum absolute atomic E-state index is 1.12. The van der Waals surface area contributed by atoms with Crippen molar-refractivity contribution in [1.29, 1.82) is 0 Å². The average Bonchev–Trinajstić information content (AvgIpc) is 2.78. The summed E-state index contributed by atoms with van der Waals surface area (Å²) in [5.74, 6) is 1.44. The van der Waals surface area contributed by atoms with Gasteiger partial charge in [-0.1, -0.05) is 48.0 Å². The molecule has 0 fully saturated rings. The Balaban J connectivity index is 1.89. The predicted octanol–water partition coefficient (Wildman–Crippen LogP) is 4.47. The number of nitrogens with zero attached hydrogens (tertiary/aromatic N) is 2. The Bertz CT molecular complexity index is 798. The lowest BCUT2D eigenvalue weighted by molar-refractivity contribution is -0.692. The molecule has 0 amide bonds. The molecule has 2 heteroatoms. The van der Waals surface area contributed by atoms with Crippen LogP contribution in [0.25, 0.3) is 16.9 Å². The minimum Gasteiger partial charge on any atom is -0.227 e. The maximum absolute atomic E-state index is 2.53. The summed E-state index contributed by atoms with van der Waals surface area (Å²) in [4.78, 5) is 0. The maximum atomic E-state index is 2.53. The lowest BCUT2D eigenvalue weighted by Crippen LogP contribution is -2.38. The van der Waals surface area contributed by atoms with Gasteiger partial charge in [0, 0.05) is 12.0 Å². The fourth-order valence-electron chi connectivity index (χ4n) is 3.54. The Morgan fingerprint density at radius 1 is 0.870 bits per heavy atom. The number of aryl methyl sites for hydroxylation is 1. The monoisotopic (exact) mass is 303 g/mol. The topological polar surface area (TPSA) is 8.81 Å². The van der Waals surface area contributed by atoms with Gasteiger partial charge in [0.05, 0.1) is 6.54 Å². The number of fused-ring (bicyclic) bond motifs is 1. The first kappa shape index (κ1) is 14.3. The summed E-state index contributed by atoms with van der Waals surface area (Å²) in [6, 6.07) is 19.6. The van der Waals surface area contributed by atoms with Crippen molar-refractivity contribution in [3.05, 3.63) is 72.2 Å². The maximum Gasteiger partial charge on any atom is 0.262 e. The van der Waals surface area contributed by atoms with Crippen LogP contribution in [0.1, 0.15) is 30.7 Å². The molecule has 2 nitrogen and oxygen atoms in total. The zero-order chi connectivity index (χ0) is 15.6. The van der Waals surface area contributed by atoms with E-state index >= 15 is 0 Å². The Morgan fingerprint density at radius 3 is 2.43 bits per heavy atom. The average molecular weight is 303 g/mol. The summed E-state index contributed by atoms with van der Waals surface area (Å²) in [7, 11) is 0. The Kier molecular flexibility index (Phi) is 3.74. The van der Waals surface area contributed by atoms with E-state index in [-0.39, 0.29) is 0 Å². The van der Waals surface area contributed by atoms with E-state index in [0.29, 0.717) is 0 Å².